The van der Waals surface area contributed by atoms with Crippen molar-refractivity contribution >= 4 is 35.3 Å². The monoisotopic (exact) mass is 610 g/mol. The molecule has 2 aliphatic rings. The Morgan fingerprint density at radius 2 is 0.953 bits per heavy atom. The molecule has 6 nitrogen and oxygen atoms in total. The lowest BCUT2D eigenvalue weighted by Crippen LogP contribution is -2.17. The Bertz CT molecular complexity index is 1410. The number of rotatable bonds is 12. The van der Waals surface area contributed by atoms with Crippen LogP contribution in [0.2, 0.25) is 0 Å². The van der Waals surface area contributed by atoms with Gasteiger partial charge in [0.25, 0.3) is 0 Å². The molecule has 0 radical (unpaired) electrons. The molecule has 4 aromatic rings. The van der Waals surface area contributed by atoms with Crippen molar-refractivity contribution in [1.82, 2.24) is 0 Å². The molecule has 4 atom stereocenters. The van der Waals surface area contributed by atoms with E-state index in [1.807, 2.05) is 60.7 Å². The lowest BCUT2D eigenvalue weighted by atomic mass is 10.0. The van der Waals surface area contributed by atoms with Crippen LogP contribution in [0.1, 0.15) is 29.8 Å². The molecule has 6 rings (SSSR count). The summed E-state index contributed by atoms with van der Waals surface area (Å²) in [4.78, 5) is 12.5. The molecule has 0 saturated heterocycles. The molecule has 2 aliphatic heterocycles. The van der Waals surface area contributed by atoms with Crippen LogP contribution in [0.5, 0.6) is 11.5 Å². The normalized spacial score (nSPS) is 21.0. The minimum Gasteiger partial charge on any atom is -0.497 e. The molecule has 43 heavy (non-hydrogen) atoms. The van der Waals surface area contributed by atoms with Gasteiger partial charge in [-0.15, -0.1) is 23.5 Å². The first-order valence-electron chi connectivity index (χ1n) is 14.3. The number of methoxy groups -OCH3 is 2. The maximum atomic E-state index is 6.51. The molecule has 0 unspecified atom stereocenters. The predicted molar refractivity (Wildman–Crippen MR) is 175 cm³/mol. The number of nitrogens with zero attached hydrogens (tertiary/aromatic N) is 2. The highest BCUT2D eigenvalue weighted by atomic mass is 32.2. The van der Waals surface area contributed by atoms with Crippen LogP contribution in [-0.4, -0.2) is 49.6 Å². The van der Waals surface area contributed by atoms with E-state index < -0.39 is 0 Å². The molecular weight excluding hydrogens is 577 g/mol. The molecule has 2 heterocycles. The quantitative estimate of drug-likeness (QED) is 0.151. The Labute approximate surface area is 261 Å². The molecule has 0 aliphatic carbocycles. The van der Waals surface area contributed by atoms with Crippen molar-refractivity contribution in [2.45, 2.75) is 40.5 Å². The highest BCUT2D eigenvalue weighted by Gasteiger charge is 2.37. The van der Waals surface area contributed by atoms with Gasteiger partial charge in [0.1, 0.15) is 35.8 Å². The summed E-state index contributed by atoms with van der Waals surface area (Å²) in [5, 5.41) is 0. The second kappa shape index (κ2) is 14.1. The minimum atomic E-state index is -0.157. The van der Waals surface area contributed by atoms with Crippen molar-refractivity contribution in [3.8, 4) is 11.5 Å². The van der Waals surface area contributed by atoms with E-state index in [1.54, 1.807) is 37.7 Å². The molecule has 8 heteroatoms. The number of aliphatic imine (C=N–C) groups is 2. The lowest BCUT2D eigenvalue weighted by Gasteiger charge is -2.18. The van der Waals surface area contributed by atoms with E-state index in [4.69, 9.17) is 28.9 Å². The largest absolute Gasteiger partial charge is 0.497 e. The van der Waals surface area contributed by atoms with E-state index in [9.17, 15) is 0 Å². The van der Waals surface area contributed by atoms with Crippen molar-refractivity contribution < 1.29 is 18.9 Å². The van der Waals surface area contributed by atoms with Crippen LogP contribution >= 0.6 is 23.5 Å². The van der Waals surface area contributed by atoms with E-state index in [0.29, 0.717) is 18.2 Å². The van der Waals surface area contributed by atoms with Crippen LogP contribution in [0.3, 0.4) is 0 Å². The van der Waals surface area contributed by atoms with Crippen molar-refractivity contribution in [3.05, 3.63) is 120 Å². The molecule has 0 fully saturated rings. The summed E-state index contributed by atoms with van der Waals surface area (Å²) in [6, 6.07) is 36.9. The molecule has 0 spiro atoms. The summed E-state index contributed by atoms with van der Waals surface area (Å²) in [6.45, 7) is 0. The Hall–Kier alpha value is -3.88. The SMILES string of the molecule is COc1ccc(SC[C@@H]2N=C(CC3=N[C@@H](CSc4ccc(OC)cc4)[C@H](c4ccccc4)O3)O[C@H]2c2ccccc2)cc1. The maximum Gasteiger partial charge on any atom is 0.193 e. The second-order valence-electron chi connectivity index (χ2n) is 10.2. The third kappa shape index (κ3) is 7.37. The Morgan fingerprint density at radius 3 is 1.33 bits per heavy atom. The first-order chi connectivity index (χ1) is 21.2. The third-order valence-electron chi connectivity index (χ3n) is 7.36. The number of ether oxygens (including phenoxy) is 4. The molecule has 0 N–H and O–H groups in total. The van der Waals surface area contributed by atoms with Gasteiger partial charge >= 0.3 is 0 Å². The van der Waals surface area contributed by atoms with Crippen molar-refractivity contribution in [2.24, 2.45) is 9.98 Å². The number of thioether (sulfide) groups is 2. The summed E-state index contributed by atoms with van der Waals surface area (Å²) in [6.07, 6.45) is 0.116. The number of hydrogen-bond donors (Lipinski definition) is 0. The fourth-order valence-corrected chi connectivity index (χ4v) is 7.02. The van der Waals surface area contributed by atoms with Gasteiger partial charge in [-0.3, -0.25) is 0 Å². The average molecular weight is 611 g/mol. The van der Waals surface area contributed by atoms with Gasteiger partial charge in [-0.2, -0.15) is 0 Å². The molecule has 0 amide bonds. The van der Waals surface area contributed by atoms with Crippen LogP contribution in [0.15, 0.2) is 129 Å². The summed E-state index contributed by atoms with van der Waals surface area (Å²) in [7, 11) is 3.36. The lowest BCUT2D eigenvalue weighted by molar-refractivity contribution is 0.189. The van der Waals surface area contributed by atoms with Gasteiger partial charge in [0.15, 0.2) is 11.8 Å². The minimum absolute atomic E-state index is 0.0298. The highest BCUT2D eigenvalue weighted by molar-refractivity contribution is 7.99. The van der Waals surface area contributed by atoms with Crippen LogP contribution < -0.4 is 9.47 Å². The zero-order valence-corrected chi connectivity index (χ0v) is 25.8. The summed E-state index contributed by atoms with van der Waals surface area (Å²) in [5.41, 5.74) is 2.23. The maximum absolute atomic E-state index is 6.51. The fourth-order valence-electron chi connectivity index (χ4n) is 5.14. The van der Waals surface area contributed by atoms with Gasteiger partial charge in [0, 0.05) is 21.3 Å². The fraction of sp³-hybridized carbons (Fsp3) is 0.257. The smallest absolute Gasteiger partial charge is 0.193 e. The van der Waals surface area contributed by atoms with Crippen LogP contribution in [0, 0.1) is 0 Å². The van der Waals surface area contributed by atoms with Crippen LogP contribution in [0.4, 0.5) is 0 Å². The number of benzene rings is 4. The van der Waals surface area contributed by atoms with Crippen molar-refractivity contribution in [3.63, 3.8) is 0 Å². The van der Waals surface area contributed by atoms with E-state index in [-0.39, 0.29) is 24.3 Å². The summed E-state index contributed by atoms with van der Waals surface area (Å²) >= 11 is 3.54. The Balaban J connectivity index is 1.17. The second-order valence-corrected chi connectivity index (χ2v) is 12.4. The Morgan fingerprint density at radius 1 is 0.558 bits per heavy atom. The predicted octanol–water partition coefficient (Wildman–Crippen LogP) is 8.06. The molecule has 0 bridgehead atoms. The van der Waals surface area contributed by atoms with E-state index in [1.165, 1.54) is 9.79 Å². The molecule has 0 saturated carbocycles. The molecule has 4 aromatic carbocycles. The molecule has 220 valence electrons. The van der Waals surface area contributed by atoms with Crippen molar-refractivity contribution in [1.29, 1.82) is 0 Å². The van der Waals surface area contributed by atoms with Gasteiger partial charge in [-0.05, 0) is 59.7 Å². The molecular formula is C35H34N2O4S2. The highest BCUT2D eigenvalue weighted by Crippen LogP contribution is 2.37. The third-order valence-corrected chi connectivity index (χ3v) is 9.59. The number of hydrogen-bond acceptors (Lipinski definition) is 8. The van der Waals surface area contributed by atoms with E-state index in [0.717, 1.165) is 34.1 Å². The van der Waals surface area contributed by atoms with Gasteiger partial charge in [-0.1, -0.05) is 60.7 Å². The van der Waals surface area contributed by atoms with Gasteiger partial charge in [-0.25, -0.2) is 9.98 Å². The first kappa shape index (κ1) is 29.2. The van der Waals surface area contributed by atoms with Gasteiger partial charge in [0.05, 0.1) is 20.6 Å². The summed E-state index contributed by atoms with van der Waals surface area (Å²) in [5.74, 6) is 4.62. The van der Waals surface area contributed by atoms with Crippen molar-refractivity contribution in [2.75, 3.05) is 25.7 Å². The van der Waals surface area contributed by atoms with Crippen LogP contribution in [-0.2, 0) is 9.47 Å². The first-order valence-corrected chi connectivity index (χ1v) is 16.3. The van der Waals surface area contributed by atoms with E-state index in [2.05, 4.69) is 48.5 Å². The zero-order chi connectivity index (χ0) is 29.4. The van der Waals surface area contributed by atoms with Gasteiger partial charge < -0.3 is 18.9 Å². The Kier molecular flexibility index (Phi) is 9.55. The molecule has 0 aromatic heterocycles. The average Bonchev–Trinajstić information content (AvgIpc) is 3.67. The topological polar surface area (TPSA) is 61.6 Å². The van der Waals surface area contributed by atoms with Crippen LogP contribution in [0.25, 0.3) is 0 Å². The zero-order valence-electron chi connectivity index (χ0n) is 24.2. The van der Waals surface area contributed by atoms with E-state index >= 15 is 0 Å². The standard InChI is InChI=1S/C35H34N2O4S2/c1-38-26-13-17-28(18-14-26)42-22-30-34(24-9-5-3-6-10-24)40-32(36-30)21-33-37-31(35(41-33)25-11-7-4-8-12-25)23-43-29-19-15-27(39-2)16-20-29/h3-20,30-31,34-35H,21-23H2,1-2H3/t30-,31-,34-,35-/m0/s1. The summed E-state index contributed by atoms with van der Waals surface area (Å²) < 4.78 is 23.6. The van der Waals surface area contributed by atoms with Gasteiger partial charge in [0.2, 0.25) is 0 Å².